The molecule has 3 rings (SSSR count). The Morgan fingerprint density at radius 1 is 0.640 bits per heavy atom. The summed E-state index contributed by atoms with van der Waals surface area (Å²) in [6, 6.07) is 26.2. The summed E-state index contributed by atoms with van der Waals surface area (Å²) in [5, 5.41) is 0. The molecule has 0 saturated carbocycles. The first kappa shape index (κ1) is 17.1. The highest BCUT2D eigenvalue weighted by atomic mass is 16.5. The van der Waals surface area contributed by atoms with Crippen LogP contribution < -0.4 is 15.2 Å². The molecule has 0 aliphatic rings. The van der Waals surface area contributed by atoms with Crippen LogP contribution in [0.4, 0.5) is 0 Å². The molecule has 0 aliphatic heterocycles. The number of ether oxygens (including phenoxy) is 2. The van der Waals surface area contributed by atoms with Gasteiger partial charge in [-0.05, 0) is 35.7 Å². The van der Waals surface area contributed by atoms with Gasteiger partial charge in [0, 0.05) is 0 Å². The van der Waals surface area contributed by atoms with E-state index in [2.05, 4.69) is 12.1 Å². The first-order valence-electron chi connectivity index (χ1n) is 8.52. The summed E-state index contributed by atoms with van der Waals surface area (Å²) in [5.41, 5.74) is 9.08. The van der Waals surface area contributed by atoms with Gasteiger partial charge in [0.1, 0.15) is 13.2 Å². The molecule has 0 bridgehead atoms. The first-order valence-corrected chi connectivity index (χ1v) is 8.52. The summed E-state index contributed by atoms with van der Waals surface area (Å²) >= 11 is 0. The Morgan fingerprint density at radius 3 is 1.84 bits per heavy atom. The second-order valence-corrected chi connectivity index (χ2v) is 5.83. The third-order valence-corrected chi connectivity index (χ3v) is 3.94. The van der Waals surface area contributed by atoms with Crippen LogP contribution in [0.2, 0.25) is 0 Å². The first-order chi connectivity index (χ1) is 12.4. The minimum atomic E-state index is 0.504. The summed E-state index contributed by atoms with van der Waals surface area (Å²) in [5.74, 6) is 1.54. The molecule has 0 radical (unpaired) electrons. The van der Waals surface area contributed by atoms with Gasteiger partial charge in [-0.25, -0.2) is 0 Å². The Hall–Kier alpha value is -2.78. The predicted molar refractivity (Wildman–Crippen MR) is 101 cm³/mol. The van der Waals surface area contributed by atoms with Crippen molar-refractivity contribution in [1.29, 1.82) is 0 Å². The zero-order valence-corrected chi connectivity index (χ0v) is 14.2. The molecule has 0 spiro atoms. The normalized spacial score (nSPS) is 10.4. The van der Waals surface area contributed by atoms with Crippen LogP contribution in [0.15, 0.2) is 78.9 Å². The van der Waals surface area contributed by atoms with E-state index in [1.54, 1.807) is 0 Å². The lowest BCUT2D eigenvalue weighted by Gasteiger charge is -2.16. The largest absolute Gasteiger partial charge is 0.485 e. The van der Waals surface area contributed by atoms with E-state index in [0.29, 0.717) is 19.8 Å². The average molecular weight is 333 g/mol. The summed E-state index contributed by atoms with van der Waals surface area (Å²) in [7, 11) is 0. The van der Waals surface area contributed by atoms with Gasteiger partial charge in [0.2, 0.25) is 0 Å². The third kappa shape index (κ3) is 4.85. The van der Waals surface area contributed by atoms with Gasteiger partial charge >= 0.3 is 0 Å². The van der Waals surface area contributed by atoms with Gasteiger partial charge in [-0.1, -0.05) is 72.8 Å². The Morgan fingerprint density at radius 2 is 1.24 bits per heavy atom. The Kier molecular flexibility index (Phi) is 6.07. The topological polar surface area (TPSA) is 44.5 Å². The average Bonchev–Trinajstić information content (AvgIpc) is 2.67. The molecule has 0 heterocycles. The zero-order chi connectivity index (χ0) is 17.3. The highest BCUT2D eigenvalue weighted by Gasteiger charge is 2.11. The van der Waals surface area contributed by atoms with Crippen molar-refractivity contribution in [1.82, 2.24) is 0 Å². The molecule has 0 atom stereocenters. The Balaban J connectivity index is 1.77. The number of nitrogens with two attached hydrogens (primary N) is 1. The van der Waals surface area contributed by atoms with Gasteiger partial charge < -0.3 is 15.2 Å². The van der Waals surface area contributed by atoms with Gasteiger partial charge in [0.15, 0.2) is 11.5 Å². The van der Waals surface area contributed by atoms with E-state index in [1.165, 1.54) is 0 Å². The highest BCUT2D eigenvalue weighted by Crippen LogP contribution is 2.33. The van der Waals surface area contributed by atoms with Crippen molar-refractivity contribution in [3.05, 3.63) is 95.6 Å². The molecule has 0 aliphatic carbocycles. The summed E-state index contributed by atoms with van der Waals surface area (Å²) in [4.78, 5) is 0. The van der Waals surface area contributed by atoms with Crippen molar-refractivity contribution < 1.29 is 9.47 Å². The summed E-state index contributed by atoms with van der Waals surface area (Å²) < 4.78 is 12.1. The van der Waals surface area contributed by atoms with E-state index in [0.717, 1.165) is 34.6 Å². The molecule has 3 nitrogen and oxygen atoms in total. The molecule has 128 valence electrons. The van der Waals surface area contributed by atoms with E-state index in [1.807, 2.05) is 66.7 Å². The number of benzene rings is 3. The lowest BCUT2D eigenvalue weighted by atomic mass is 10.1. The molecule has 0 amide bonds. The maximum absolute atomic E-state index is 6.11. The monoisotopic (exact) mass is 333 g/mol. The van der Waals surface area contributed by atoms with E-state index in [-0.39, 0.29) is 0 Å². The SMILES string of the molecule is NCCc1cccc(OCc2ccccc2)c1OCc1ccccc1. The lowest BCUT2D eigenvalue weighted by molar-refractivity contribution is 0.254. The minimum Gasteiger partial charge on any atom is -0.485 e. The summed E-state index contributed by atoms with van der Waals surface area (Å²) in [6.45, 7) is 1.59. The molecule has 0 unspecified atom stereocenters. The van der Waals surface area contributed by atoms with Crippen LogP contribution in [0, 0.1) is 0 Å². The molecule has 0 fully saturated rings. The fourth-order valence-corrected chi connectivity index (χ4v) is 2.66. The minimum absolute atomic E-state index is 0.504. The maximum Gasteiger partial charge on any atom is 0.164 e. The molecular formula is C22H23NO2. The van der Waals surface area contributed by atoms with Crippen LogP contribution >= 0.6 is 0 Å². The van der Waals surface area contributed by atoms with Crippen molar-refractivity contribution in [2.45, 2.75) is 19.6 Å². The molecule has 3 aromatic carbocycles. The Bertz CT molecular complexity index is 773. The molecule has 3 heteroatoms. The summed E-state index contributed by atoms with van der Waals surface area (Å²) in [6.07, 6.45) is 0.757. The molecular weight excluding hydrogens is 310 g/mol. The van der Waals surface area contributed by atoms with E-state index >= 15 is 0 Å². The van der Waals surface area contributed by atoms with E-state index in [9.17, 15) is 0 Å². The zero-order valence-electron chi connectivity index (χ0n) is 14.2. The van der Waals surface area contributed by atoms with Crippen LogP contribution in [-0.2, 0) is 19.6 Å². The van der Waals surface area contributed by atoms with Crippen LogP contribution in [0.3, 0.4) is 0 Å². The number of hydrogen-bond acceptors (Lipinski definition) is 3. The highest BCUT2D eigenvalue weighted by molar-refractivity contribution is 5.47. The van der Waals surface area contributed by atoms with Gasteiger partial charge in [-0.2, -0.15) is 0 Å². The van der Waals surface area contributed by atoms with Gasteiger partial charge in [0.25, 0.3) is 0 Å². The van der Waals surface area contributed by atoms with Gasteiger partial charge in [-0.15, -0.1) is 0 Å². The quantitative estimate of drug-likeness (QED) is 0.667. The molecule has 3 aromatic rings. The number of hydrogen-bond donors (Lipinski definition) is 1. The smallest absolute Gasteiger partial charge is 0.164 e. The van der Waals surface area contributed by atoms with Crippen LogP contribution in [-0.4, -0.2) is 6.54 Å². The molecule has 0 aromatic heterocycles. The standard InChI is InChI=1S/C22H23NO2/c23-15-14-20-12-7-13-21(24-16-18-8-3-1-4-9-18)22(20)25-17-19-10-5-2-6-11-19/h1-13H,14-17,23H2. The van der Waals surface area contributed by atoms with Crippen molar-refractivity contribution in [3.63, 3.8) is 0 Å². The third-order valence-electron chi connectivity index (χ3n) is 3.94. The van der Waals surface area contributed by atoms with Gasteiger partial charge in [0.05, 0.1) is 0 Å². The predicted octanol–water partition coefficient (Wildman–Crippen LogP) is 4.35. The lowest BCUT2D eigenvalue weighted by Crippen LogP contribution is -2.07. The van der Waals surface area contributed by atoms with Crippen LogP contribution in [0.1, 0.15) is 16.7 Å². The molecule has 2 N–H and O–H groups in total. The van der Waals surface area contributed by atoms with E-state index in [4.69, 9.17) is 15.2 Å². The van der Waals surface area contributed by atoms with Crippen molar-refractivity contribution in [2.24, 2.45) is 5.73 Å². The number of para-hydroxylation sites is 1. The van der Waals surface area contributed by atoms with Gasteiger partial charge in [-0.3, -0.25) is 0 Å². The fourth-order valence-electron chi connectivity index (χ4n) is 2.66. The molecule has 25 heavy (non-hydrogen) atoms. The second-order valence-electron chi connectivity index (χ2n) is 5.83. The van der Waals surface area contributed by atoms with Crippen LogP contribution in [0.5, 0.6) is 11.5 Å². The maximum atomic E-state index is 6.11. The van der Waals surface area contributed by atoms with Crippen LogP contribution in [0.25, 0.3) is 0 Å². The van der Waals surface area contributed by atoms with Crippen molar-refractivity contribution >= 4 is 0 Å². The number of rotatable bonds is 8. The van der Waals surface area contributed by atoms with Crippen molar-refractivity contribution in [3.8, 4) is 11.5 Å². The Labute approximate surface area is 149 Å². The van der Waals surface area contributed by atoms with E-state index < -0.39 is 0 Å². The second kappa shape index (κ2) is 8.90. The van der Waals surface area contributed by atoms with Crippen molar-refractivity contribution in [2.75, 3.05) is 6.54 Å². The molecule has 0 saturated heterocycles. The fraction of sp³-hybridized carbons (Fsp3) is 0.182.